The second-order valence-electron chi connectivity index (χ2n) is 11.8. The first kappa shape index (κ1) is 28.0. The molecule has 220 valence electrons. The number of ether oxygens (including phenoxy) is 1. The first-order chi connectivity index (χ1) is 20.4. The molecule has 0 aliphatic carbocycles. The number of alkyl halides is 1. The minimum Gasteiger partial charge on any atom is -0.467 e. The topological polar surface area (TPSA) is 53.5 Å². The van der Waals surface area contributed by atoms with Gasteiger partial charge in [-0.05, 0) is 61.7 Å². The van der Waals surface area contributed by atoms with E-state index < -0.39 is 12.0 Å². The largest absolute Gasteiger partial charge is 0.467 e. The number of piperazine rings is 1. The Morgan fingerprint density at radius 2 is 1.69 bits per heavy atom. The highest BCUT2D eigenvalue weighted by atomic mass is 35.5. The molecule has 0 spiro atoms. The molecule has 4 saturated heterocycles. The SMILES string of the molecule is COc1nc(N2CC3CCC(C2)N3)c2cc(Cl)c(-c3ccc(Cl)c4ccccc34)c(F)c2n1.FC1CC2CCCN2C1. The van der Waals surface area contributed by atoms with E-state index in [1.165, 1.54) is 20.0 Å². The molecule has 1 N–H and O–H groups in total. The first-order valence-electron chi connectivity index (χ1n) is 14.7. The van der Waals surface area contributed by atoms with Crippen LogP contribution in [0.5, 0.6) is 6.01 Å². The van der Waals surface area contributed by atoms with Gasteiger partial charge in [0, 0.05) is 59.1 Å². The molecule has 8 rings (SSSR count). The van der Waals surface area contributed by atoms with Crippen molar-refractivity contribution >= 4 is 50.7 Å². The van der Waals surface area contributed by atoms with Crippen molar-refractivity contribution in [3.05, 3.63) is 58.3 Å². The molecule has 4 atom stereocenters. The van der Waals surface area contributed by atoms with E-state index in [4.69, 9.17) is 27.9 Å². The molecule has 10 heteroatoms. The third-order valence-corrected chi connectivity index (χ3v) is 9.77. The zero-order chi connectivity index (χ0) is 29.0. The van der Waals surface area contributed by atoms with Gasteiger partial charge in [-0.3, -0.25) is 4.90 Å². The van der Waals surface area contributed by atoms with Gasteiger partial charge in [0.15, 0.2) is 5.82 Å². The monoisotopic (exact) mass is 611 g/mol. The summed E-state index contributed by atoms with van der Waals surface area (Å²) < 4.78 is 34.1. The fourth-order valence-electron chi connectivity index (χ4n) is 7.22. The van der Waals surface area contributed by atoms with Crippen LogP contribution in [-0.4, -0.2) is 72.5 Å². The number of benzene rings is 3. The van der Waals surface area contributed by atoms with Crippen LogP contribution in [0, 0.1) is 5.82 Å². The Kier molecular flexibility index (Phi) is 7.59. The second-order valence-corrected chi connectivity index (χ2v) is 12.6. The van der Waals surface area contributed by atoms with Gasteiger partial charge >= 0.3 is 6.01 Å². The van der Waals surface area contributed by atoms with Crippen LogP contribution in [0.4, 0.5) is 14.6 Å². The van der Waals surface area contributed by atoms with Gasteiger partial charge in [0.1, 0.15) is 17.5 Å². The summed E-state index contributed by atoms with van der Waals surface area (Å²) in [6.45, 7) is 3.46. The van der Waals surface area contributed by atoms with E-state index >= 15 is 4.39 Å². The van der Waals surface area contributed by atoms with Gasteiger partial charge in [-0.1, -0.05) is 53.5 Å². The Bertz CT molecular complexity index is 1630. The number of methoxy groups -OCH3 is 1. The maximum Gasteiger partial charge on any atom is 0.318 e. The van der Waals surface area contributed by atoms with Gasteiger partial charge in [0.05, 0.1) is 12.1 Å². The van der Waals surface area contributed by atoms with Gasteiger partial charge < -0.3 is 15.0 Å². The highest BCUT2D eigenvalue weighted by molar-refractivity contribution is 6.37. The van der Waals surface area contributed by atoms with E-state index in [1.54, 1.807) is 18.2 Å². The molecule has 4 unspecified atom stereocenters. The van der Waals surface area contributed by atoms with E-state index in [0.29, 0.717) is 57.0 Å². The van der Waals surface area contributed by atoms with Crippen molar-refractivity contribution in [2.75, 3.05) is 38.2 Å². The summed E-state index contributed by atoms with van der Waals surface area (Å²) in [5, 5.41) is 6.77. The Morgan fingerprint density at radius 3 is 2.43 bits per heavy atom. The van der Waals surface area contributed by atoms with Crippen LogP contribution in [-0.2, 0) is 0 Å². The summed E-state index contributed by atoms with van der Waals surface area (Å²) in [6, 6.07) is 14.5. The summed E-state index contributed by atoms with van der Waals surface area (Å²) >= 11 is 13.1. The van der Waals surface area contributed by atoms with Crippen LogP contribution >= 0.6 is 23.2 Å². The summed E-state index contributed by atoms with van der Waals surface area (Å²) in [5.74, 6) is 0.161. The lowest BCUT2D eigenvalue weighted by molar-refractivity contribution is 0.292. The van der Waals surface area contributed by atoms with Gasteiger partial charge in [-0.15, -0.1) is 0 Å². The molecule has 0 radical (unpaired) electrons. The highest BCUT2D eigenvalue weighted by Gasteiger charge is 2.35. The molecule has 42 heavy (non-hydrogen) atoms. The van der Waals surface area contributed by atoms with Crippen molar-refractivity contribution in [1.82, 2.24) is 20.2 Å². The molecule has 5 heterocycles. The van der Waals surface area contributed by atoms with Crippen molar-refractivity contribution < 1.29 is 13.5 Å². The van der Waals surface area contributed by atoms with Crippen molar-refractivity contribution in [2.45, 2.75) is 56.4 Å². The number of nitrogens with zero attached hydrogens (tertiary/aromatic N) is 4. The quantitative estimate of drug-likeness (QED) is 0.268. The lowest BCUT2D eigenvalue weighted by Gasteiger charge is -2.34. The molecule has 1 aromatic heterocycles. The summed E-state index contributed by atoms with van der Waals surface area (Å²) in [7, 11) is 1.49. The molecule has 6 nitrogen and oxygen atoms in total. The van der Waals surface area contributed by atoms with E-state index in [9.17, 15) is 4.39 Å². The van der Waals surface area contributed by atoms with Gasteiger partial charge in [0.2, 0.25) is 0 Å². The van der Waals surface area contributed by atoms with Gasteiger partial charge in [0.25, 0.3) is 0 Å². The lowest BCUT2D eigenvalue weighted by atomic mass is 9.96. The molecule has 3 aromatic carbocycles. The number of hydrogen-bond acceptors (Lipinski definition) is 6. The summed E-state index contributed by atoms with van der Waals surface area (Å²) in [4.78, 5) is 13.5. The summed E-state index contributed by atoms with van der Waals surface area (Å²) in [5.41, 5.74) is 1.16. The minimum absolute atomic E-state index is 0.136. The van der Waals surface area contributed by atoms with Crippen molar-refractivity contribution in [1.29, 1.82) is 0 Å². The lowest BCUT2D eigenvalue weighted by Crippen LogP contribution is -2.51. The molecule has 0 saturated carbocycles. The zero-order valence-corrected chi connectivity index (χ0v) is 24.9. The third kappa shape index (κ3) is 5.06. The van der Waals surface area contributed by atoms with Crippen LogP contribution in [0.1, 0.15) is 32.1 Å². The second kappa shape index (κ2) is 11.4. The molecule has 4 aliphatic heterocycles. The number of anilines is 1. The highest BCUT2D eigenvalue weighted by Crippen LogP contribution is 2.42. The minimum atomic E-state index is -0.518. The molecule has 4 aromatic rings. The normalized spacial score (nSPS) is 25.1. The van der Waals surface area contributed by atoms with E-state index in [0.717, 1.165) is 49.7 Å². The van der Waals surface area contributed by atoms with Crippen molar-refractivity contribution in [3.63, 3.8) is 0 Å². The molecule has 2 bridgehead atoms. The number of halogens is 4. The smallest absolute Gasteiger partial charge is 0.318 e. The van der Waals surface area contributed by atoms with Crippen LogP contribution in [0.2, 0.25) is 10.0 Å². The molecule has 0 amide bonds. The zero-order valence-electron chi connectivity index (χ0n) is 23.4. The van der Waals surface area contributed by atoms with Gasteiger partial charge in [-0.25, -0.2) is 8.78 Å². The fraction of sp³-hybridized carbons (Fsp3) is 0.438. The fourth-order valence-corrected chi connectivity index (χ4v) is 7.74. The van der Waals surface area contributed by atoms with Gasteiger partial charge in [-0.2, -0.15) is 9.97 Å². The number of hydrogen-bond donors (Lipinski definition) is 1. The Morgan fingerprint density at radius 1 is 0.929 bits per heavy atom. The van der Waals surface area contributed by atoms with E-state index in [2.05, 4.69) is 25.1 Å². The maximum absolute atomic E-state index is 16.2. The van der Waals surface area contributed by atoms with Crippen LogP contribution in [0.3, 0.4) is 0 Å². The molecular formula is C32H33Cl2F2N5O. The summed E-state index contributed by atoms with van der Waals surface area (Å²) in [6.07, 6.45) is 5.07. The standard InChI is InChI=1S/C25H21Cl2FN4O.C7H12FN/c1-33-25-30-23-18(24(31-25)32-11-13-6-7-14(12-32)29-13)10-20(27)21(22(23)28)17-8-9-19(26)16-5-3-2-4-15(16)17;8-6-4-7-2-1-3-9(7)5-6/h2-5,8-10,13-14,29H,6-7,11-12H2,1H3;6-7H,1-5H2. The van der Waals surface area contributed by atoms with Crippen molar-refractivity contribution in [3.8, 4) is 17.1 Å². The maximum atomic E-state index is 16.2. The predicted molar refractivity (Wildman–Crippen MR) is 165 cm³/mol. The number of rotatable bonds is 3. The van der Waals surface area contributed by atoms with E-state index in [1.807, 2.05) is 24.3 Å². The molecule has 4 aliphatic rings. The first-order valence-corrected chi connectivity index (χ1v) is 15.5. The van der Waals surface area contributed by atoms with Crippen LogP contribution in [0.25, 0.3) is 32.8 Å². The Labute approximate surface area is 254 Å². The molecule has 4 fully saturated rings. The number of aromatic nitrogens is 2. The Balaban J connectivity index is 0.000000272. The van der Waals surface area contributed by atoms with Crippen LogP contribution in [0.15, 0.2) is 42.5 Å². The molecular weight excluding hydrogens is 579 g/mol. The number of nitrogens with one attached hydrogen (secondary N) is 1. The Hall–Kier alpha value is -2.78. The third-order valence-electron chi connectivity index (χ3n) is 9.14. The van der Waals surface area contributed by atoms with Crippen LogP contribution < -0.4 is 15.0 Å². The van der Waals surface area contributed by atoms with Crippen molar-refractivity contribution in [2.24, 2.45) is 0 Å². The predicted octanol–water partition coefficient (Wildman–Crippen LogP) is 7.04. The average molecular weight is 613 g/mol. The number of fused-ring (bicyclic) bond motifs is 5. The van der Waals surface area contributed by atoms with E-state index in [-0.39, 0.29) is 11.5 Å². The average Bonchev–Trinajstić information content (AvgIpc) is 3.68.